The topological polar surface area (TPSA) is 63.6 Å². The summed E-state index contributed by atoms with van der Waals surface area (Å²) in [5, 5.41) is 9.41. The molecule has 0 radical (unpaired) electrons. The van der Waals surface area contributed by atoms with Crippen molar-refractivity contribution in [1.82, 2.24) is 0 Å². The van der Waals surface area contributed by atoms with E-state index in [0.29, 0.717) is 0 Å². The molecule has 1 atom stereocenters. The van der Waals surface area contributed by atoms with Crippen molar-refractivity contribution >= 4 is 11.8 Å². The molecule has 0 saturated heterocycles. The molecule has 1 heterocycles. The molecule has 0 fully saturated rings. The fourth-order valence-corrected chi connectivity index (χ4v) is 1.71. The smallest absolute Gasteiger partial charge is 0.374 e. The van der Waals surface area contributed by atoms with E-state index in [2.05, 4.69) is 0 Å². The number of carbonyl (C=O) groups excluding carboxylic acids is 2. The monoisotopic (exact) mass is 236 g/mol. The molecule has 4 nitrogen and oxygen atoms in total. The Morgan fingerprint density at radius 1 is 1.41 bits per heavy atom. The van der Waals surface area contributed by atoms with Crippen molar-refractivity contribution in [2.45, 2.75) is 13.0 Å². The standard InChI is InChI=1S/C12H9FO4/c1-6(14)9-10(15)12(16)17-11(9)7-4-2-3-5-8(7)13/h2-5,11,15H,1H3. The van der Waals surface area contributed by atoms with Crippen molar-refractivity contribution in [2.24, 2.45) is 0 Å². The average molecular weight is 236 g/mol. The molecule has 1 aromatic carbocycles. The molecular weight excluding hydrogens is 227 g/mol. The number of rotatable bonds is 2. The first-order valence-corrected chi connectivity index (χ1v) is 4.92. The zero-order valence-electron chi connectivity index (χ0n) is 8.94. The highest BCUT2D eigenvalue weighted by molar-refractivity contribution is 6.05. The van der Waals surface area contributed by atoms with E-state index in [1.54, 1.807) is 6.07 Å². The van der Waals surface area contributed by atoms with Crippen molar-refractivity contribution < 1.29 is 23.8 Å². The fraction of sp³-hybridized carbons (Fsp3) is 0.167. The van der Waals surface area contributed by atoms with Crippen LogP contribution in [0, 0.1) is 5.82 Å². The zero-order chi connectivity index (χ0) is 12.6. The van der Waals surface area contributed by atoms with Gasteiger partial charge in [-0.25, -0.2) is 9.18 Å². The number of ketones is 1. The van der Waals surface area contributed by atoms with E-state index in [-0.39, 0.29) is 11.1 Å². The van der Waals surface area contributed by atoms with E-state index in [4.69, 9.17) is 4.74 Å². The third-order valence-electron chi connectivity index (χ3n) is 2.50. The summed E-state index contributed by atoms with van der Waals surface area (Å²) in [5.41, 5.74) is -0.157. The average Bonchev–Trinajstić information content (AvgIpc) is 2.56. The molecule has 0 spiro atoms. The summed E-state index contributed by atoms with van der Waals surface area (Å²) in [5.74, 6) is -2.88. The third-order valence-corrected chi connectivity index (χ3v) is 2.50. The number of aliphatic hydroxyl groups excluding tert-OH is 1. The van der Waals surface area contributed by atoms with E-state index in [1.807, 2.05) is 0 Å². The van der Waals surface area contributed by atoms with Gasteiger partial charge in [-0.3, -0.25) is 4.79 Å². The first-order chi connectivity index (χ1) is 8.02. The summed E-state index contributed by atoms with van der Waals surface area (Å²) in [6.45, 7) is 1.18. The first-order valence-electron chi connectivity index (χ1n) is 4.92. The van der Waals surface area contributed by atoms with E-state index < -0.39 is 29.4 Å². The van der Waals surface area contributed by atoms with Gasteiger partial charge in [0.2, 0.25) is 5.76 Å². The van der Waals surface area contributed by atoms with Crippen LogP contribution < -0.4 is 0 Å². The Bertz CT molecular complexity index is 533. The summed E-state index contributed by atoms with van der Waals surface area (Å²) in [4.78, 5) is 22.5. The molecule has 1 unspecified atom stereocenters. The Balaban J connectivity index is 2.52. The first kappa shape index (κ1) is 11.3. The van der Waals surface area contributed by atoms with Crippen LogP contribution in [0.25, 0.3) is 0 Å². The minimum atomic E-state index is -1.17. The molecule has 1 N–H and O–H groups in total. The summed E-state index contributed by atoms with van der Waals surface area (Å²) in [6.07, 6.45) is -1.17. The normalized spacial score (nSPS) is 19.4. The van der Waals surface area contributed by atoms with E-state index in [9.17, 15) is 19.1 Å². The second-order valence-electron chi connectivity index (χ2n) is 3.63. The summed E-state index contributed by atoms with van der Waals surface area (Å²) < 4.78 is 18.3. The number of cyclic esters (lactones) is 1. The van der Waals surface area contributed by atoms with E-state index >= 15 is 0 Å². The summed E-state index contributed by atoms with van der Waals surface area (Å²) >= 11 is 0. The lowest BCUT2D eigenvalue weighted by molar-refractivity contribution is -0.142. The molecule has 0 amide bonds. The number of carbonyl (C=O) groups is 2. The lowest BCUT2D eigenvalue weighted by Crippen LogP contribution is -2.09. The molecule has 1 aliphatic rings. The lowest BCUT2D eigenvalue weighted by Gasteiger charge is -2.12. The van der Waals surface area contributed by atoms with Gasteiger partial charge in [-0.2, -0.15) is 0 Å². The number of esters is 1. The van der Waals surface area contributed by atoms with Crippen LogP contribution in [0.3, 0.4) is 0 Å². The van der Waals surface area contributed by atoms with Crippen LogP contribution in [0.4, 0.5) is 4.39 Å². The predicted molar refractivity (Wildman–Crippen MR) is 55.6 cm³/mol. The van der Waals surface area contributed by atoms with Crippen LogP contribution >= 0.6 is 0 Å². The maximum absolute atomic E-state index is 13.5. The van der Waals surface area contributed by atoms with Crippen molar-refractivity contribution in [3.05, 3.63) is 47.0 Å². The van der Waals surface area contributed by atoms with Gasteiger partial charge in [0.15, 0.2) is 11.9 Å². The van der Waals surface area contributed by atoms with E-state index in [1.165, 1.54) is 25.1 Å². The SMILES string of the molecule is CC(=O)C1=C(O)C(=O)OC1c1ccccc1F. The van der Waals surface area contributed by atoms with Crippen LogP contribution in [0.15, 0.2) is 35.6 Å². The molecular formula is C12H9FO4. The van der Waals surface area contributed by atoms with Gasteiger partial charge in [-0.1, -0.05) is 18.2 Å². The highest BCUT2D eigenvalue weighted by Crippen LogP contribution is 2.35. The van der Waals surface area contributed by atoms with Gasteiger partial charge >= 0.3 is 5.97 Å². The number of hydrogen-bond acceptors (Lipinski definition) is 4. The maximum atomic E-state index is 13.5. The van der Waals surface area contributed by atoms with Crippen molar-refractivity contribution in [3.8, 4) is 0 Å². The van der Waals surface area contributed by atoms with Gasteiger partial charge < -0.3 is 9.84 Å². The van der Waals surface area contributed by atoms with Crippen molar-refractivity contribution in [2.75, 3.05) is 0 Å². The molecule has 0 aromatic heterocycles. The summed E-state index contributed by atoms with van der Waals surface area (Å²) in [7, 11) is 0. The highest BCUT2D eigenvalue weighted by atomic mass is 19.1. The molecule has 2 rings (SSSR count). The minimum Gasteiger partial charge on any atom is -0.501 e. The number of halogens is 1. The number of Topliss-reactive ketones (excluding diaryl/α,β-unsaturated/α-hetero) is 1. The molecule has 0 saturated carbocycles. The Kier molecular flexibility index (Phi) is 2.67. The van der Waals surface area contributed by atoms with Gasteiger partial charge in [-0.15, -0.1) is 0 Å². The minimum absolute atomic E-state index is 0.0510. The molecule has 0 aliphatic carbocycles. The molecule has 5 heteroatoms. The van der Waals surface area contributed by atoms with Crippen LogP contribution in [0.2, 0.25) is 0 Å². The predicted octanol–water partition coefficient (Wildman–Crippen LogP) is 1.82. The molecule has 0 bridgehead atoms. The zero-order valence-corrected chi connectivity index (χ0v) is 8.94. The Labute approximate surface area is 96.3 Å². The van der Waals surface area contributed by atoms with Crippen LogP contribution in [0.1, 0.15) is 18.6 Å². The number of hydrogen-bond donors (Lipinski definition) is 1. The highest BCUT2D eigenvalue weighted by Gasteiger charge is 2.38. The van der Waals surface area contributed by atoms with Crippen LogP contribution in [0.5, 0.6) is 0 Å². The quantitative estimate of drug-likeness (QED) is 0.795. The molecule has 1 aliphatic heterocycles. The summed E-state index contributed by atoms with van der Waals surface area (Å²) in [6, 6.07) is 5.62. The largest absolute Gasteiger partial charge is 0.501 e. The maximum Gasteiger partial charge on any atom is 0.374 e. The van der Waals surface area contributed by atoms with Gasteiger partial charge in [0.1, 0.15) is 5.82 Å². The third kappa shape index (κ3) is 1.80. The second kappa shape index (κ2) is 4.01. The van der Waals surface area contributed by atoms with Crippen LogP contribution in [-0.2, 0) is 14.3 Å². The number of ether oxygens (including phenoxy) is 1. The van der Waals surface area contributed by atoms with Gasteiger partial charge in [0.05, 0.1) is 5.57 Å². The lowest BCUT2D eigenvalue weighted by atomic mass is 9.99. The second-order valence-corrected chi connectivity index (χ2v) is 3.63. The Morgan fingerprint density at radius 3 is 2.65 bits per heavy atom. The Morgan fingerprint density at radius 2 is 2.06 bits per heavy atom. The van der Waals surface area contributed by atoms with Gasteiger partial charge in [0, 0.05) is 5.56 Å². The number of aliphatic hydroxyl groups is 1. The molecule has 88 valence electrons. The Hall–Kier alpha value is -2.17. The van der Waals surface area contributed by atoms with E-state index in [0.717, 1.165) is 0 Å². The van der Waals surface area contributed by atoms with Gasteiger partial charge in [-0.05, 0) is 13.0 Å². The fourth-order valence-electron chi connectivity index (χ4n) is 1.71. The van der Waals surface area contributed by atoms with Crippen molar-refractivity contribution in [3.63, 3.8) is 0 Å². The molecule has 1 aromatic rings. The van der Waals surface area contributed by atoms with Gasteiger partial charge in [0.25, 0.3) is 0 Å². The number of benzene rings is 1. The van der Waals surface area contributed by atoms with Crippen molar-refractivity contribution in [1.29, 1.82) is 0 Å². The van der Waals surface area contributed by atoms with Crippen LogP contribution in [-0.4, -0.2) is 16.9 Å². The molecule has 17 heavy (non-hydrogen) atoms.